The van der Waals surface area contributed by atoms with Crippen LogP contribution in [0.4, 0.5) is 5.69 Å². The Labute approximate surface area is 146 Å². The van der Waals surface area contributed by atoms with E-state index in [-0.39, 0.29) is 12.5 Å². The highest BCUT2D eigenvalue weighted by Crippen LogP contribution is 2.20. The summed E-state index contributed by atoms with van der Waals surface area (Å²) in [7, 11) is 0. The molecular formula is C18H23N3O2S. The topological polar surface area (TPSA) is 65.5 Å². The average Bonchev–Trinajstić information content (AvgIpc) is 3.05. The lowest BCUT2D eigenvalue weighted by molar-refractivity contribution is 0.0651. The zero-order valence-corrected chi connectivity index (χ0v) is 14.7. The van der Waals surface area contributed by atoms with E-state index in [0.717, 1.165) is 42.3 Å². The van der Waals surface area contributed by atoms with Crippen LogP contribution in [0.3, 0.4) is 0 Å². The number of hydrogen-bond acceptors (Lipinski definition) is 5. The molecule has 1 amide bonds. The number of anilines is 1. The van der Waals surface area contributed by atoms with E-state index in [9.17, 15) is 9.90 Å². The van der Waals surface area contributed by atoms with Gasteiger partial charge in [-0.25, -0.2) is 4.98 Å². The van der Waals surface area contributed by atoms with Crippen molar-refractivity contribution in [3.8, 4) is 0 Å². The third-order valence-electron chi connectivity index (χ3n) is 4.41. The molecule has 0 aliphatic carbocycles. The number of aromatic nitrogens is 1. The van der Waals surface area contributed by atoms with Crippen LogP contribution in [0.2, 0.25) is 0 Å². The molecule has 128 valence electrons. The largest absolute Gasteiger partial charge is 0.396 e. The van der Waals surface area contributed by atoms with Crippen LogP contribution in [0.15, 0.2) is 29.6 Å². The average molecular weight is 345 g/mol. The van der Waals surface area contributed by atoms with Gasteiger partial charge >= 0.3 is 0 Å². The summed E-state index contributed by atoms with van der Waals surface area (Å²) in [4.78, 5) is 19.0. The fourth-order valence-electron chi connectivity index (χ4n) is 2.95. The third kappa shape index (κ3) is 4.13. The van der Waals surface area contributed by atoms with E-state index in [1.165, 1.54) is 0 Å². The normalized spacial score (nSPS) is 15.5. The Kier molecular flexibility index (Phi) is 5.48. The highest BCUT2D eigenvalue weighted by molar-refractivity contribution is 7.09. The second-order valence-electron chi connectivity index (χ2n) is 6.21. The first-order chi connectivity index (χ1) is 11.7. The number of nitrogens with one attached hydrogen (secondary N) is 1. The number of carbonyl (C=O) groups is 1. The van der Waals surface area contributed by atoms with E-state index in [0.29, 0.717) is 18.0 Å². The number of amides is 1. The number of hydrogen-bond donors (Lipinski definition) is 2. The molecule has 2 heterocycles. The molecule has 0 unspecified atom stereocenters. The monoisotopic (exact) mass is 345 g/mol. The van der Waals surface area contributed by atoms with Crippen LogP contribution < -0.4 is 5.32 Å². The van der Waals surface area contributed by atoms with Crippen molar-refractivity contribution < 1.29 is 9.90 Å². The molecule has 1 fully saturated rings. The van der Waals surface area contributed by atoms with Crippen LogP contribution >= 0.6 is 11.3 Å². The molecule has 1 aromatic carbocycles. The minimum atomic E-state index is 0.0690. The molecule has 5 nitrogen and oxygen atoms in total. The van der Waals surface area contributed by atoms with E-state index in [1.807, 2.05) is 41.5 Å². The van der Waals surface area contributed by atoms with Crippen molar-refractivity contribution in [2.45, 2.75) is 26.3 Å². The van der Waals surface area contributed by atoms with E-state index in [2.05, 4.69) is 10.3 Å². The first kappa shape index (κ1) is 16.9. The molecule has 0 saturated carbocycles. The van der Waals surface area contributed by atoms with Crippen molar-refractivity contribution in [1.29, 1.82) is 0 Å². The van der Waals surface area contributed by atoms with Crippen molar-refractivity contribution in [1.82, 2.24) is 9.88 Å². The maximum Gasteiger partial charge on any atom is 0.253 e. The summed E-state index contributed by atoms with van der Waals surface area (Å²) in [5, 5.41) is 15.6. The molecule has 1 aliphatic heterocycles. The minimum absolute atomic E-state index is 0.0690. The van der Waals surface area contributed by atoms with E-state index < -0.39 is 0 Å². The number of aliphatic hydroxyl groups is 1. The highest BCUT2D eigenvalue weighted by atomic mass is 32.1. The number of benzene rings is 1. The van der Waals surface area contributed by atoms with Crippen molar-refractivity contribution >= 4 is 22.9 Å². The lowest BCUT2D eigenvalue weighted by Crippen LogP contribution is -2.39. The third-order valence-corrected chi connectivity index (χ3v) is 5.23. The Morgan fingerprint density at radius 3 is 2.88 bits per heavy atom. The zero-order valence-electron chi connectivity index (χ0n) is 13.9. The number of aryl methyl sites for hydroxylation is 1. The number of nitrogens with zero attached hydrogens (tertiary/aromatic N) is 2. The van der Waals surface area contributed by atoms with Gasteiger partial charge in [0.15, 0.2) is 0 Å². The molecule has 1 saturated heterocycles. The van der Waals surface area contributed by atoms with Crippen LogP contribution in [0.1, 0.15) is 33.9 Å². The van der Waals surface area contributed by atoms with Gasteiger partial charge in [-0.2, -0.15) is 0 Å². The summed E-state index contributed by atoms with van der Waals surface area (Å²) in [6.45, 7) is 4.31. The van der Waals surface area contributed by atoms with E-state index >= 15 is 0 Å². The van der Waals surface area contributed by atoms with Gasteiger partial charge < -0.3 is 15.3 Å². The standard InChI is InChI=1S/C18H23N3O2S/c1-13-20-17(12-24-13)10-19-16-4-2-3-15(9-16)18(23)21-7-5-14(11-22)6-8-21/h2-4,9,12,14,19,22H,5-8,10-11H2,1H3. The van der Waals surface area contributed by atoms with Gasteiger partial charge in [0.2, 0.25) is 0 Å². The Balaban J connectivity index is 1.61. The van der Waals surface area contributed by atoms with Crippen molar-refractivity contribution in [3.05, 3.63) is 45.9 Å². The van der Waals surface area contributed by atoms with Crippen LogP contribution in [-0.2, 0) is 6.54 Å². The van der Waals surface area contributed by atoms with Crippen molar-refractivity contribution in [3.63, 3.8) is 0 Å². The Hall–Kier alpha value is -1.92. The zero-order chi connectivity index (χ0) is 16.9. The number of aliphatic hydroxyl groups excluding tert-OH is 1. The van der Waals surface area contributed by atoms with Crippen LogP contribution in [0, 0.1) is 12.8 Å². The van der Waals surface area contributed by atoms with E-state index in [4.69, 9.17) is 0 Å². The summed E-state index contributed by atoms with van der Waals surface area (Å²) in [6.07, 6.45) is 1.76. The second kappa shape index (κ2) is 7.77. The molecule has 1 aromatic heterocycles. The quantitative estimate of drug-likeness (QED) is 0.874. The van der Waals surface area contributed by atoms with Gasteiger partial charge in [0.1, 0.15) is 0 Å². The van der Waals surface area contributed by atoms with Gasteiger partial charge in [-0.3, -0.25) is 4.79 Å². The smallest absolute Gasteiger partial charge is 0.253 e. The predicted molar refractivity (Wildman–Crippen MR) is 96.3 cm³/mol. The maximum atomic E-state index is 12.6. The molecule has 0 atom stereocenters. The van der Waals surface area contributed by atoms with Gasteiger partial charge in [-0.15, -0.1) is 11.3 Å². The molecule has 0 radical (unpaired) electrons. The van der Waals surface area contributed by atoms with Crippen molar-refractivity contribution in [2.75, 3.05) is 25.0 Å². The maximum absolute atomic E-state index is 12.6. The van der Waals surface area contributed by atoms with Gasteiger partial charge in [-0.1, -0.05) is 6.07 Å². The summed E-state index contributed by atoms with van der Waals surface area (Å²) in [5.74, 6) is 0.406. The Morgan fingerprint density at radius 2 is 2.21 bits per heavy atom. The molecular weight excluding hydrogens is 322 g/mol. The van der Waals surface area contributed by atoms with Crippen LogP contribution in [0.25, 0.3) is 0 Å². The highest BCUT2D eigenvalue weighted by Gasteiger charge is 2.23. The van der Waals surface area contributed by atoms with Gasteiger partial charge in [0.25, 0.3) is 5.91 Å². The second-order valence-corrected chi connectivity index (χ2v) is 7.27. The van der Waals surface area contributed by atoms with E-state index in [1.54, 1.807) is 11.3 Å². The molecule has 0 spiro atoms. The lowest BCUT2D eigenvalue weighted by atomic mass is 9.97. The summed E-state index contributed by atoms with van der Waals surface area (Å²) in [5.41, 5.74) is 2.65. The SMILES string of the molecule is Cc1nc(CNc2cccc(C(=O)N3CCC(CO)CC3)c2)cs1. The van der Waals surface area contributed by atoms with Crippen LogP contribution in [-0.4, -0.2) is 40.6 Å². The van der Waals surface area contributed by atoms with Gasteiger partial charge in [0, 0.05) is 36.3 Å². The molecule has 2 aromatic rings. The fourth-order valence-corrected chi connectivity index (χ4v) is 3.56. The number of piperidine rings is 1. The molecule has 2 N–H and O–H groups in total. The summed E-state index contributed by atoms with van der Waals surface area (Å²) >= 11 is 1.64. The number of likely N-dealkylation sites (tertiary alicyclic amines) is 1. The first-order valence-corrected chi connectivity index (χ1v) is 9.19. The van der Waals surface area contributed by atoms with Gasteiger partial charge in [0.05, 0.1) is 17.2 Å². The first-order valence-electron chi connectivity index (χ1n) is 8.31. The number of carbonyl (C=O) groups excluding carboxylic acids is 1. The summed E-state index contributed by atoms with van der Waals surface area (Å²) in [6, 6.07) is 7.63. The molecule has 3 rings (SSSR count). The fraction of sp³-hybridized carbons (Fsp3) is 0.444. The predicted octanol–water partition coefficient (Wildman–Crippen LogP) is 2.91. The van der Waals surface area contributed by atoms with Crippen LogP contribution in [0.5, 0.6) is 0 Å². The minimum Gasteiger partial charge on any atom is -0.396 e. The molecule has 1 aliphatic rings. The number of thiazole rings is 1. The summed E-state index contributed by atoms with van der Waals surface area (Å²) < 4.78 is 0. The number of rotatable bonds is 5. The Morgan fingerprint density at radius 1 is 1.42 bits per heavy atom. The molecule has 24 heavy (non-hydrogen) atoms. The molecule has 0 bridgehead atoms. The molecule has 6 heteroatoms. The van der Waals surface area contributed by atoms with Gasteiger partial charge in [-0.05, 0) is 43.9 Å². The Bertz CT molecular complexity index is 693. The van der Waals surface area contributed by atoms with Crippen molar-refractivity contribution in [2.24, 2.45) is 5.92 Å². The lowest BCUT2D eigenvalue weighted by Gasteiger charge is -2.31.